The highest BCUT2D eigenvalue weighted by atomic mass is 28.4. The van der Waals surface area contributed by atoms with E-state index in [1.54, 1.807) is 0 Å². The molecule has 0 heterocycles. The Morgan fingerprint density at radius 2 is 1.57 bits per heavy atom. The van der Waals surface area contributed by atoms with Crippen molar-refractivity contribution in [2.45, 2.75) is 52.1 Å². The summed E-state index contributed by atoms with van der Waals surface area (Å²) in [7, 11) is -1.77. The number of aliphatic hydroxyl groups excluding tert-OH is 1. The zero-order chi connectivity index (χ0) is 15.7. The van der Waals surface area contributed by atoms with Crippen molar-refractivity contribution in [3.8, 4) is 0 Å². The van der Waals surface area contributed by atoms with E-state index in [-0.39, 0.29) is 11.6 Å². The lowest BCUT2D eigenvalue weighted by molar-refractivity contribution is 0.275. The van der Waals surface area contributed by atoms with Gasteiger partial charge in [0.1, 0.15) is 0 Å². The fourth-order valence-corrected chi connectivity index (χ4v) is 3.18. The fourth-order valence-electron chi connectivity index (χ4n) is 2.23. The van der Waals surface area contributed by atoms with Crippen molar-refractivity contribution in [3.05, 3.63) is 47.5 Å². The summed E-state index contributed by atoms with van der Waals surface area (Å²) >= 11 is 0. The van der Waals surface area contributed by atoms with Gasteiger partial charge in [-0.1, -0.05) is 57.2 Å². The number of hydrogen-bond donors (Lipinski definition) is 1. The third kappa shape index (κ3) is 3.36. The summed E-state index contributed by atoms with van der Waals surface area (Å²) in [6.45, 7) is 12.0. The molecule has 1 N–H and O–H groups in total. The van der Waals surface area contributed by atoms with Crippen molar-refractivity contribution in [2.24, 2.45) is 0 Å². The van der Waals surface area contributed by atoms with Gasteiger partial charge in [0.2, 0.25) is 0 Å². The molecule has 0 aliphatic rings. The normalized spacial score (nSPS) is 12.9. The first kappa shape index (κ1) is 16.2. The van der Waals surface area contributed by atoms with Crippen LogP contribution in [-0.4, -0.2) is 13.4 Å². The highest BCUT2D eigenvalue weighted by molar-refractivity contribution is 6.74. The molecule has 114 valence electrons. The standard InChI is InChI=1S/C18H26O2Si/c1-18(2,3)21(4,5)20-13-16-11-7-9-14-8-6-10-15(12-19)17(14)16/h6-11,19H,12-13H2,1-5H3. The third-order valence-corrected chi connectivity index (χ3v) is 9.12. The maximum Gasteiger partial charge on any atom is 0.192 e. The van der Waals surface area contributed by atoms with Crippen molar-refractivity contribution < 1.29 is 9.53 Å². The molecule has 0 aliphatic heterocycles. The Morgan fingerprint density at radius 3 is 2.10 bits per heavy atom. The van der Waals surface area contributed by atoms with Crippen LogP contribution in [0.1, 0.15) is 31.9 Å². The van der Waals surface area contributed by atoms with Crippen molar-refractivity contribution >= 4 is 19.1 Å². The largest absolute Gasteiger partial charge is 0.413 e. The molecule has 0 fully saturated rings. The Morgan fingerprint density at radius 1 is 1.00 bits per heavy atom. The highest BCUT2D eigenvalue weighted by Gasteiger charge is 2.37. The molecule has 2 nitrogen and oxygen atoms in total. The van der Waals surface area contributed by atoms with Crippen LogP contribution in [0, 0.1) is 0 Å². The van der Waals surface area contributed by atoms with Crippen LogP contribution in [0.25, 0.3) is 10.8 Å². The van der Waals surface area contributed by atoms with Gasteiger partial charge in [-0.25, -0.2) is 0 Å². The molecule has 0 unspecified atom stereocenters. The van der Waals surface area contributed by atoms with Gasteiger partial charge in [-0.05, 0) is 40.0 Å². The molecule has 0 bridgehead atoms. The van der Waals surface area contributed by atoms with E-state index >= 15 is 0 Å². The highest BCUT2D eigenvalue weighted by Crippen LogP contribution is 2.37. The van der Waals surface area contributed by atoms with Crippen LogP contribution in [0.3, 0.4) is 0 Å². The molecular formula is C18H26O2Si. The van der Waals surface area contributed by atoms with Crippen LogP contribution in [0.2, 0.25) is 18.1 Å². The topological polar surface area (TPSA) is 29.5 Å². The first-order valence-electron chi connectivity index (χ1n) is 7.50. The van der Waals surface area contributed by atoms with Crippen LogP contribution in [0.4, 0.5) is 0 Å². The maximum absolute atomic E-state index is 9.59. The predicted molar refractivity (Wildman–Crippen MR) is 91.9 cm³/mol. The lowest BCUT2D eigenvalue weighted by Crippen LogP contribution is -2.40. The van der Waals surface area contributed by atoms with Crippen LogP contribution >= 0.6 is 0 Å². The summed E-state index contributed by atoms with van der Waals surface area (Å²) in [5, 5.41) is 12.1. The monoisotopic (exact) mass is 302 g/mol. The predicted octanol–water partition coefficient (Wildman–Crippen LogP) is 4.85. The van der Waals surface area contributed by atoms with Crippen LogP contribution in [-0.2, 0) is 17.6 Å². The molecule has 2 aromatic rings. The Kier molecular flexibility index (Phi) is 4.56. The SMILES string of the molecule is CC(C)(C)[Si](C)(C)OCc1cccc2cccc(CO)c12. The van der Waals surface area contributed by atoms with E-state index < -0.39 is 8.32 Å². The summed E-state index contributed by atoms with van der Waals surface area (Å²) in [5.74, 6) is 0. The fraction of sp³-hybridized carbons (Fsp3) is 0.444. The average Bonchev–Trinajstić information content (AvgIpc) is 2.43. The second-order valence-corrected chi connectivity index (χ2v) is 11.9. The molecule has 2 rings (SSSR count). The molecule has 21 heavy (non-hydrogen) atoms. The van der Waals surface area contributed by atoms with E-state index in [1.807, 2.05) is 12.1 Å². The Labute approximate surface area is 128 Å². The van der Waals surface area contributed by atoms with Gasteiger partial charge in [-0.2, -0.15) is 0 Å². The minimum absolute atomic E-state index is 0.0639. The molecule has 0 amide bonds. The number of fused-ring (bicyclic) bond motifs is 1. The molecular weight excluding hydrogens is 276 g/mol. The zero-order valence-electron chi connectivity index (χ0n) is 13.7. The van der Waals surface area contributed by atoms with E-state index in [2.05, 4.69) is 58.1 Å². The van der Waals surface area contributed by atoms with Crippen molar-refractivity contribution in [3.63, 3.8) is 0 Å². The first-order chi connectivity index (χ1) is 9.76. The number of rotatable bonds is 4. The summed E-state index contributed by atoms with van der Waals surface area (Å²) in [6, 6.07) is 12.3. The van der Waals surface area contributed by atoms with E-state index in [1.165, 1.54) is 5.56 Å². The van der Waals surface area contributed by atoms with Crippen molar-refractivity contribution in [2.75, 3.05) is 0 Å². The van der Waals surface area contributed by atoms with E-state index in [9.17, 15) is 5.11 Å². The van der Waals surface area contributed by atoms with Gasteiger partial charge >= 0.3 is 0 Å². The van der Waals surface area contributed by atoms with Gasteiger partial charge in [0.25, 0.3) is 0 Å². The lowest BCUT2D eigenvalue weighted by Gasteiger charge is -2.36. The second kappa shape index (κ2) is 5.91. The first-order valence-corrected chi connectivity index (χ1v) is 10.4. The second-order valence-electron chi connectivity index (χ2n) is 7.14. The van der Waals surface area contributed by atoms with Crippen molar-refractivity contribution in [1.82, 2.24) is 0 Å². The summed E-state index contributed by atoms with van der Waals surface area (Å²) in [6.07, 6.45) is 0. The maximum atomic E-state index is 9.59. The average molecular weight is 302 g/mol. The quantitative estimate of drug-likeness (QED) is 0.818. The van der Waals surface area contributed by atoms with E-state index in [0.717, 1.165) is 16.3 Å². The number of aliphatic hydroxyl groups is 1. The Hall–Kier alpha value is -1.16. The van der Waals surface area contributed by atoms with Gasteiger partial charge in [0.05, 0.1) is 13.2 Å². The lowest BCUT2D eigenvalue weighted by atomic mass is 10.00. The molecule has 0 aliphatic carbocycles. The molecule has 3 heteroatoms. The number of hydrogen-bond acceptors (Lipinski definition) is 2. The molecule has 0 radical (unpaired) electrons. The summed E-state index contributed by atoms with van der Waals surface area (Å²) < 4.78 is 6.34. The van der Waals surface area contributed by atoms with Gasteiger partial charge in [0.15, 0.2) is 8.32 Å². The van der Waals surface area contributed by atoms with Crippen molar-refractivity contribution in [1.29, 1.82) is 0 Å². The Balaban J connectivity index is 2.35. The van der Waals surface area contributed by atoms with Crippen LogP contribution in [0.5, 0.6) is 0 Å². The molecule has 0 spiro atoms. The van der Waals surface area contributed by atoms with Gasteiger partial charge in [0, 0.05) is 0 Å². The Bertz CT molecular complexity index is 621. The van der Waals surface area contributed by atoms with Gasteiger partial charge in [-0.3, -0.25) is 0 Å². The van der Waals surface area contributed by atoms with E-state index in [0.29, 0.717) is 6.61 Å². The zero-order valence-corrected chi connectivity index (χ0v) is 14.7. The molecule has 0 saturated heterocycles. The summed E-state index contributed by atoms with van der Waals surface area (Å²) in [4.78, 5) is 0. The van der Waals surface area contributed by atoms with Gasteiger partial charge in [-0.15, -0.1) is 0 Å². The van der Waals surface area contributed by atoms with Crippen LogP contribution in [0.15, 0.2) is 36.4 Å². The molecule has 0 atom stereocenters. The van der Waals surface area contributed by atoms with E-state index in [4.69, 9.17) is 4.43 Å². The summed E-state index contributed by atoms with van der Waals surface area (Å²) in [5.41, 5.74) is 2.14. The smallest absolute Gasteiger partial charge is 0.192 e. The minimum Gasteiger partial charge on any atom is -0.413 e. The molecule has 2 aromatic carbocycles. The number of benzene rings is 2. The molecule has 0 saturated carbocycles. The third-order valence-electron chi connectivity index (χ3n) is 4.64. The molecule has 0 aromatic heterocycles. The van der Waals surface area contributed by atoms with Crippen LogP contribution < -0.4 is 0 Å². The van der Waals surface area contributed by atoms with Gasteiger partial charge < -0.3 is 9.53 Å². The minimum atomic E-state index is -1.77.